The molecule has 3 aromatic heterocycles. The molecular formula is C19H20ClN7O3. The fourth-order valence-corrected chi connectivity index (χ4v) is 4.87. The van der Waals surface area contributed by atoms with Crippen LogP contribution in [0.1, 0.15) is 18.0 Å². The van der Waals surface area contributed by atoms with E-state index in [1.54, 1.807) is 23.3 Å². The molecule has 5 atom stereocenters. The maximum absolute atomic E-state index is 12.4. The molecule has 3 aromatic rings. The third-order valence-electron chi connectivity index (χ3n) is 6.22. The van der Waals surface area contributed by atoms with Crippen molar-refractivity contribution in [2.45, 2.75) is 31.2 Å². The molecule has 0 saturated heterocycles. The molecule has 4 N–H and O–H groups in total. The Morgan fingerprint density at radius 3 is 2.97 bits per heavy atom. The van der Waals surface area contributed by atoms with Gasteiger partial charge in [-0.05, 0) is 29.7 Å². The summed E-state index contributed by atoms with van der Waals surface area (Å²) in [6.45, 7) is 0.469. The van der Waals surface area contributed by atoms with E-state index in [1.165, 1.54) is 7.05 Å². The summed E-state index contributed by atoms with van der Waals surface area (Å²) < 4.78 is 1.69. The number of hydrogen-bond donors (Lipinski definition) is 4. The number of aliphatic hydroxyl groups excluding tert-OH is 2. The number of imidazole rings is 1. The average molecular weight is 430 g/mol. The number of halogens is 1. The van der Waals surface area contributed by atoms with Gasteiger partial charge in [0.25, 0.3) is 0 Å². The minimum atomic E-state index is -1.16. The van der Waals surface area contributed by atoms with E-state index in [9.17, 15) is 15.0 Å². The minimum Gasteiger partial charge on any atom is -0.389 e. The van der Waals surface area contributed by atoms with Crippen LogP contribution in [0.2, 0.25) is 5.28 Å². The van der Waals surface area contributed by atoms with E-state index in [4.69, 9.17) is 11.6 Å². The molecule has 0 unspecified atom stereocenters. The summed E-state index contributed by atoms with van der Waals surface area (Å²) in [7, 11) is 1.53. The number of carbonyl (C=O) groups is 1. The van der Waals surface area contributed by atoms with Crippen LogP contribution in [0.3, 0.4) is 0 Å². The summed E-state index contributed by atoms with van der Waals surface area (Å²) in [5.41, 5.74) is 0.901. The number of amides is 1. The Labute approximate surface area is 176 Å². The Bertz CT molecular complexity index is 1120. The molecule has 0 bridgehead atoms. The van der Waals surface area contributed by atoms with Crippen LogP contribution in [-0.2, 0) is 11.3 Å². The van der Waals surface area contributed by atoms with Gasteiger partial charge in [0, 0.05) is 31.9 Å². The van der Waals surface area contributed by atoms with Crippen molar-refractivity contribution in [3.05, 3.63) is 41.7 Å². The molecule has 2 saturated carbocycles. The van der Waals surface area contributed by atoms with E-state index in [0.717, 1.165) is 5.56 Å². The van der Waals surface area contributed by atoms with Gasteiger partial charge in [-0.2, -0.15) is 9.97 Å². The maximum atomic E-state index is 12.4. The van der Waals surface area contributed by atoms with Crippen molar-refractivity contribution in [1.29, 1.82) is 0 Å². The van der Waals surface area contributed by atoms with E-state index in [0.29, 0.717) is 29.9 Å². The number of hydrogen-bond acceptors (Lipinski definition) is 8. The number of fused-ring (bicyclic) bond motifs is 2. The predicted octanol–water partition coefficient (Wildman–Crippen LogP) is 0.516. The molecule has 156 valence electrons. The highest BCUT2D eigenvalue weighted by Gasteiger charge is 2.75. The van der Waals surface area contributed by atoms with Crippen molar-refractivity contribution >= 4 is 34.5 Å². The highest BCUT2D eigenvalue weighted by Crippen LogP contribution is 2.67. The molecule has 3 heterocycles. The first-order valence-corrected chi connectivity index (χ1v) is 9.96. The van der Waals surface area contributed by atoms with E-state index >= 15 is 0 Å². The quantitative estimate of drug-likeness (QED) is 0.430. The van der Waals surface area contributed by atoms with Gasteiger partial charge in [-0.3, -0.25) is 9.78 Å². The Balaban J connectivity index is 1.50. The van der Waals surface area contributed by atoms with Crippen LogP contribution in [0.25, 0.3) is 11.2 Å². The van der Waals surface area contributed by atoms with Crippen molar-refractivity contribution in [2.24, 2.45) is 11.3 Å². The molecule has 1 amide bonds. The van der Waals surface area contributed by atoms with Crippen molar-refractivity contribution in [3.8, 4) is 0 Å². The van der Waals surface area contributed by atoms with Crippen LogP contribution >= 0.6 is 11.6 Å². The van der Waals surface area contributed by atoms with Gasteiger partial charge < -0.3 is 25.4 Å². The number of rotatable bonds is 5. The summed E-state index contributed by atoms with van der Waals surface area (Å²) in [6.07, 6.45) is 3.18. The Kier molecular flexibility index (Phi) is 4.38. The summed E-state index contributed by atoms with van der Waals surface area (Å²) >= 11 is 6.16. The zero-order valence-corrected chi connectivity index (χ0v) is 16.8. The van der Waals surface area contributed by atoms with E-state index in [1.807, 2.05) is 12.1 Å². The molecule has 0 spiro atoms. The van der Waals surface area contributed by atoms with Crippen LogP contribution < -0.4 is 10.6 Å². The Hall–Kier alpha value is -2.82. The van der Waals surface area contributed by atoms with Crippen LogP contribution in [0.4, 0.5) is 5.82 Å². The standard InChI is InChI=1S/C19H20ClN7O3/c1-21-17(30)19-5-10(19)12(13(28)14(19)29)27-8-24-11-15(25-18(20)26-16(11)27)23-7-9-3-2-4-22-6-9/h2-4,6,8,10,12-14,28-29H,5,7H2,1H3,(H,21,30)(H,23,25,26)/t10-,12-,13+,14+,19+/m1/s1. The van der Waals surface area contributed by atoms with Crippen molar-refractivity contribution in [1.82, 2.24) is 29.8 Å². The van der Waals surface area contributed by atoms with Crippen LogP contribution in [0.5, 0.6) is 0 Å². The zero-order valence-electron chi connectivity index (χ0n) is 16.0. The monoisotopic (exact) mass is 429 g/mol. The minimum absolute atomic E-state index is 0.0272. The second-order valence-corrected chi connectivity index (χ2v) is 8.07. The lowest BCUT2D eigenvalue weighted by Crippen LogP contribution is -2.41. The average Bonchev–Trinajstić information content (AvgIpc) is 3.30. The largest absolute Gasteiger partial charge is 0.389 e. The van der Waals surface area contributed by atoms with Gasteiger partial charge in [0.15, 0.2) is 17.0 Å². The second kappa shape index (κ2) is 6.86. The van der Waals surface area contributed by atoms with Gasteiger partial charge in [-0.15, -0.1) is 0 Å². The fourth-order valence-electron chi connectivity index (χ4n) is 4.71. The Morgan fingerprint density at radius 1 is 1.40 bits per heavy atom. The maximum Gasteiger partial charge on any atom is 0.229 e. The first kappa shape index (κ1) is 19.2. The van der Waals surface area contributed by atoms with Gasteiger partial charge in [0.2, 0.25) is 11.2 Å². The van der Waals surface area contributed by atoms with E-state index in [2.05, 4.69) is 30.6 Å². The lowest BCUT2D eigenvalue weighted by atomic mass is 9.98. The highest BCUT2D eigenvalue weighted by atomic mass is 35.5. The topological polar surface area (TPSA) is 138 Å². The van der Waals surface area contributed by atoms with E-state index in [-0.39, 0.29) is 17.1 Å². The predicted molar refractivity (Wildman–Crippen MR) is 108 cm³/mol. The van der Waals surface area contributed by atoms with Gasteiger partial charge in [-0.1, -0.05) is 6.07 Å². The first-order chi connectivity index (χ1) is 14.5. The number of carbonyl (C=O) groups excluding carboxylic acids is 1. The summed E-state index contributed by atoms with van der Waals surface area (Å²) in [4.78, 5) is 29.4. The van der Waals surface area contributed by atoms with Crippen molar-refractivity contribution in [3.63, 3.8) is 0 Å². The third-order valence-corrected chi connectivity index (χ3v) is 6.39. The smallest absolute Gasteiger partial charge is 0.229 e. The normalized spacial score (nSPS) is 29.6. The van der Waals surface area contributed by atoms with Crippen LogP contribution in [0, 0.1) is 11.3 Å². The van der Waals surface area contributed by atoms with Crippen molar-refractivity contribution < 1.29 is 15.0 Å². The lowest BCUT2D eigenvalue weighted by molar-refractivity contribution is -0.132. The van der Waals surface area contributed by atoms with Gasteiger partial charge in [0.05, 0.1) is 23.9 Å². The number of pyridine rings is 1. The lowest BCUT2D eigenvalue weighted by Gasteiger charge is -2.23. The number of anilines is 1. The second-order valence-electron chi connectivity index (χ2n) is 7.74. The van der Waals surface area contributed by atoms with Crippen LogP contribution in [0.15, 0.2) is 30.9 Å². The molecule has 30 heavy (non-hydrogen) atoms. The summed E-state index contributed by atoms with van der Waals surface area (Å²) in [6, 6.07) is 3.23. The van der Waals surface area contributed by atoms with Gasteiger partial charge >= 0.3 is 0 Å². The zero-order chi connectivity index (χ0) is 21.0. The molecule has 5 rings (SSSR count). The number of aromatic nitrogens is 5. The highest BCUT2D eigenvalue weighted by molar-refractivity contribution is 6.28. The molecule has 0 radical (unpaired) electrons. The van der Waals surface area contributed by atoms with Gasteiger partial charge in [0.1, 0.15) is 6.10 Å². The number of aliphatic hydroxyl groups is 2. The molecule has 10 nitrogen and oxygen atoms in total. The number of nitrogens with zero attached hydrogens (tertiary/aromatic N) is 5. The molecule has 2 aliphatic carbocycles. The summed E-state index contributed by atoms with van der Waals surface area (Å²) in [5, 5.41) is 27.1. The summed E-state index contributed by atoms with van der Waals surface area (Å²) in [5.74, 6) is -0.0353. The van der Waals surface area contributed by atoms with Gasteiger partial charge in [-0.25, -0.2) is 4.98 Å². The molecule has 0 aliphatic heterocycles. The number of nitrogens with one attached hydrogen (secondary N) is 2. The molecule has 0 aromatic carbocycles. The van der Waals surface area contributed by atoms with Crippen LogP contribution in [-0.4, -0.2) is 59.9 Å². The molecule has 2 fully saturated rings. The van der Waals surface area contributed by atoms with E-state index < -0.39 is 23.7 Å². The van der Waals surface area contributed by atoms with Crippen molar-refractivity contribution in [2.75, 3.05) is 12.4 Å². The first-order valence-electron chi connectivity index (χ1n) is 9.58. The molecule has 2 aliphatic rings. The third kappa shape index (κ3) is 2.68. The molecule has 11 heteroatoms. The molecular weight excluding hydrogens is 410 g/mol. The Morgan fingerprint density at radius 2 is 2.23 bits per heavy atom. The SMILES string of the molecule is CNC(=O)[C@@]12C[C@@H]1[C@@H](n1cnc3c(NCc4cccnc4)nc(Cl)nc31)[C@H](O)[C@@H]2O. The fraction of sp³-hybridized carbons (Fsp3) is 0.421.